The van der Waals surface area contributed by atoms with Crippen LogP contribution in [0.3, 0.4) is 0 Å². The van der Waals surface area contributed by atoms with E-state index < -0.39 is 10.0 Å². The molecule has 1 aromatic rings. The summed E-state index contributed by atoms with van der Waals surface area (Å²) >= 11 is 6.47. The topological polar surface area (TPSA) is 72.2 Å². The number of halogens is 2. The van der Waals surface area contributed by atoms with E-state index in [1.54, 1.807) is 12.1 Å². The molecule has 1 aromatic carbocycles. The molecule has 0 saturated carbocycles. The van der Waals surface area contributed by atoms with Crippen LogP contribution in [0, 0.1) is 0 Å². The molecule has 0 bridgehead atoms. The fourth-order valence-electron chi connectivity index (χ4n) is 1.32. The Labute approximate surface area is 118 Å². The van der Waals surface area contributed by atoms with Gasteiger partial charge >= 0.3 is 0 Å². The number of anilines is 1. The Bertz CT molecular complexity index is 480. The summed E-state index contributed by atoms with van der Waals surface area (Å²) in [5, 5.41) is 0. The molecule has 0 amide bonds. The van der Waals surface area contributed by atoms with E-state index in [1.807, 2.05) is 6.92 Å². The Hall–Kier alpha value is -0.110. The third-order valence-corrected chi connectivity index (χ3v) is 5.05. The monoisotopic (exact) mass is 384 g/mol. The maximum Gasteiger partial charge on any atom is 0.243 e. The molecule has 0 radical (unpaired) electrons. The van der Waals surface area contributed by atoms with Gasteiger partial charge in [0.05, 0.1) is 5.69 Å². The standard InChI is InChI=1S/C10H14Br2N2O2S/c1-2-3-4-14-17(15,16)10-8(12)5-7(11)6-9(10)13/h5-6,14H,2-4,13H2,1H3. The number of sulfonamides is 1. The summed E-state index contributed by atoms with van der Waals surface area (Å²) in [5.74, 6) is 0. The summed E-state index contributed by atoms with van der Waals surface area (Å²) in [7, 11) is -3.55. The van der Waals surface area contributed by atoms with Crippen molar-refractivity contribution >= 4 is 47.6 Å². The highest BCUT2D eigenvalue weighted by atomic mass is 79.9. The van der Waals surface area contributed by atoms with E-state index in [0.29, 0.717) is 11.0 Å². The van der Waals surface area contributed by atoms with E-state index in [1.165, 1.54) is 0 Å². The molecule has 0 atom stereocenters. The van der Waals surface area contributed by atoms with Crippen molar-refractivity contribution in [1.29, 1.82) is 0 Å². The highest BCUT2D eigenvalue weighted by Crippen LogP contribution is 2.31. The minimum atomic E-state index is -3.55. The minimum Gasteiger partial charge on any atom is -0.398 e. The number of hydrogen-bond donors (Lipinski definition) is 2. The summed E-state index contributed by atoms with van der Waals surface area (Å²) in [6.45, 7) is 2.42. The molecule has 1 rings (SSSR count). The number of nitrogens with two attached hydrogens (primary N) is 1. The number of hydrogen-bond acceptors (Lipinski definition) is 3. The smallest absolute Gasteiger partial charge is 0.243 e. The summed E-state index contributed by atoms with van der Waals surface area (Å²) < 4.78 is 27.8. The average Bonchev–Trinajstić information content (AvgIpc) is 2.15. The quantitative estimate of drug-likeness (QED) is 0.604. The first-order valence-corrected chi connectivity index (χ1v) is 8.19. The van der Waals surface area contributed by atoms with Gasteiger partial charge in [0.25, 0.3) is 0 Å². The van der Waals surface area contributed by atoms with Gasteiger partial charge in [-0.25, -0.2) is 13.1 Å². The molecule has 0 aliphatic heterocycles. The molecular weight excluding hydrogens is 372 g/mol. The highest BCUT2D eigenvalue weighted by Gasteiger charge is 2.20. The Kier molecular flexibility index (Phi) is 5.43. The van der Waals surface area contributed by atoms with E-state index in [0.717, 1.165) is 17.3 Å². The largest absolute Gasteiger partial charge is 0.398 e. The number of nitrogens with one attached hydrogen (secondary N) is 1. The lowest BCUT2D eigenvalue weighted by atomic mass is 10.3. The van der Waals surface area contributed by atoms with Crippen LogP contribution in [0.15, 0.2) is 26.0 Å². The molecule has 0 aromatic heterocycles. The minimum absolute atomic E-state index is 0.0943. The van der Waals surface area contributed by atoms with E-state index in [2.05, 4.69) is 36.6 Å². The van der Waals surface area contributed by atoms with E-state index in [-0.39, 0.29) is 10.6 Å². The lowest BCUT2D eigenvalue weighted by Crippen LogP contribution is -2.26. The zero-order valence-electron chi connectivity index (χ0n) is 9.33. The van der Waals surface area contributed by atoms with Gasteiger partial charge in [0.1, 0.15) is 4.90 Å². The second kappa shape index (κ2) is 6.17. The fraction of sp³-hybridized carbons (Fsp3) is 0.400. The maximum atomic E-state index is 12.0. The average molecular weight is 386 g/mol. The van der Waals surface area contributed by atoms with Crippen molar-refractivity contribution in [3.8, 4) is 0 Å². The van der Waals surface area contributed by atoms with Crippen LogP contribution < -0.4 is 10.5 Å². The number of unbranched alkanes of at least 4 members (excludes halogenated alkanes) is 1. The van der Waals surface area contributed by atoms with E-state index >= 15 is 0 Å². The first kappa shape index (κ1) is 14.9. The molecule has 17 heavy (non-hydrogen) atoms. The van der Waals surface area contributed by atoms with Gasteiger partial charge < -0.3 is 5.73 Å². The van der Waals surface area contributed by atoms with Crippen LogP contribution in [0.1, 0.15) is 19.8 Å². The SMILES string of the molecule is CCCCNS(=O)(=O)c1c(N)cc(Br)cc1Br. The second-order valence-electron chi connectivity index (χ2n) is 3.56. The normalized spacial score (nSPS) is 11.7. The van der Waals surface area contributed by atoms with Crippen molar-refractivity contribution in [2.45, 2.75) is 24.7 Å². The molecule has 0 unspecified atom stereocenters. The summed E-state index contributed by atoms with van der Waals surface area (Å²) in [6, 6.07) is 3.23. The van der Waals surface area contributed by atoms with E-state index in [4.69, 9.17) is 5.73 Å². The molecule has 0 saturated heterocycles. The van der Waals surface area contributed by atoms with Crippen molar-refractivity contribution in [2.24, 2.45) is 0 Å². The zero-order valence-corrected chi connectivity index (χ0v) is 13.3. The van der Waals surface area contributed by atoms with Gasteiger partial charge in [-0.2, -0.15) is 0 Å². The highest BCUT2D eigenvalue weighted by molar-refractivity contribution is 9.11. The molecule has 7 heteroatoms. The second-order valence-corrected chi connectivity index (χ2v) is 7.03. The van der Waals surface area contributed by atoms with Crippen molar-refractivity contribution in [3.05, 3.63) is 21.1 Å². The molecule has 96 valence electrons. The van der Waals surface area contributed by atoms with Crippen LogP contribution in [0.25, 0.3) is 0 Å². The third-order valence-electron chi connectivity index (χ3n) is 2.13. The predicted molar refractivity (Wildman–Crippen MR) is 76.4 cm³/mol. The van der Waals surface area contributed by atoms with Gasteiger partial charge in [-0.3, -0.25) is 0 Å². The van der Waals surface area contributed by atoms with Crippen LogP contribution in [0.4, 0.5) is 5.69 Å². The summed E-state index contributed by atoms with van der Waals surface area (Å²) in [6.07, 6.45) is 1.73. The number of benzene rings is 1. The van der Waals surface area contributed by atoms with Crippen LogP contribution in [-0.2, 0) is 10.0 Å². The molecule has 3 N–H and O–H groups in total. The Morgan fingerprint density at radius 3 is 2.53 bits per heavy atom. The molecule has 0 aliphatic rings. The summed E-state index contributed by atoms with van der Waals surface area (Å²) in [5.41, 5.74) is 5.95. The molecule has 0 fully saturated rings. The lowest BCUT2D eigenvalue weighted by Gasteiger charge is -2.11. The van der Waals surface area contributed by atoms with Gasteiger partial charge in [-0.15, -0.1) is 0 Å². The fourth-order valence-corrected chi connectivity index (χ4v) is 4.46. The molecular formula is C10H14Br2N2O2S. The van der Waals surface area contributed by atoms with E-state index in [9.17, 15) is 8.42 Å². The van der Waals surface area contributed by atoms with Gasteiger partial charge in [-0.05, 0) is 34.5 Å². The Balaban J connectivity index is 3.07. The molecule has 0 aliphatic carbocycles. The van der Waals surface area contributed by atoms with Gasteiger partial charge in [-0.1, -0.05) is 29.3 Å². The Morgan fingerprint density at radius 2 is 2.00 bits per heavy atom. The molecule has 0 heterocycles. The van der Waals surface area contributed by atoms with Crippen LogP contribution >= 0.6 is 31.9 Å². The van der Waals surface area contributed by atoms with Crippen LogP contribution in [-0.4, -0.2) is 15.0 Å². The third kappa shape index (κ3) is 3.94. The first-order chi connectivity index (χ1) is 7.88. The zero-order chi connectivity index (χ0) is 13.1. The van der Waals surface area contributed by atoms with Crippen molar-refractivity contribution in [1.82, 2.24) is 4.72 Å². The van der Waals surface area contributed by atoms with Crippen LogP contribution in [0.2, 0.25) is 0 Å². The maximum absolute atomic E-state index is 12.0. The molecule has 0 spiro atoms. The van der Waals surface area contributed by atoms with Crippen LogP contribution in [0.5, 0.6) is 0 Å². The van der Waals surface area contributed by atoms with Gasteiger partial charge in [0, 0.05) is 15.5 Å². The lowest BCUT2D eigenvalue weighted by molar-refractivity contribution is 0.578. The number of rotatable bonds is 5. The van der Waals surface area contributed by atoms with Crippen molar-refractivity contribution in [3.63, 3.8) is 0 Å². The van der Waals surface area contributed by atoms with Crippen molar-refractivity contribution in [2.75, 3.05) is 12.3 Å². The van der Waals surface area contributed by atoms with Gasteiger partial charge in [0.15, 0.2) is 0 Å². The summed E-state index contributed by atoms with van der Waals surface area (Å²) in [4.78, 5) is 0.0943. The predicted octanol–water partition coefficient (Wildman–Crippen LogP) is 2.87. The van der Waals surface area contributed by atoms with Gasteiger partial charge in [0.2, 0.25) is 10.0 Å². The first-order valence-electron chi connectivity index (χ1n) is 5.12. The Morgan fingerprint density at radius 1 is 1.35 bits per heavy atom. The van der Waals surface area contributed by atoms with Crippen molar-refractivity contribution < 1.29 is 8.42 Å². The number of nitrogen functional groups attached to an aromatic ring is 1. The molecule has 4 nitrogen and oxygen atoms in total.